The number of phenols is 1. The molecule has 3 amide bonds. The van der Waals surface area contributed by atoms with Gasteiger partial charge in [-0.3, -0.25) is 19.7 Å². The lowest BCUT2D eigenvalue weighted by atomic mass is 9.63. The van der Waals surface area contributed by atoms with E-state index in [0.29, 0.717) is 24.9 Å². The zero-order valence-electron chi connectivity index (χ0n) is 10.5. The molecular weight excluding hydrogens is 260 g/mol. The van der Waals surface area contributed by atoms with Gasteiger partial charge in [-0.05, 0) is 30.5 Å². The van der Waals surface area contributed by atoms with Gasteiger partial charge in [-0.2, -0.15) is 0 Å². The summed E-state index contributed by atoms with van der Waals surface area (Å²) in [6.45, 7) is 0.350. The van der Waals surface area contributed by atoms with Crippen LogP contribution in [0.4, 0.5) is 0 Å². The lowest BCUT2D eigenvalue weighted by Crippen LogP contribution is -2.73. The van der Waals surface area contributed by atoms with Crippen molar-refractivity contribution in [1.82, 2.24) is 10.2 Å². The van der Waals surface area contributed by atoms with E-state index in [9.17, 15) is 19.5 Å². The first kappa shape index (κ1) is 11.5. The Morgan fingerprint density at radius 3 is 2.70 bits per heavy atom. The molecule has 3 fully saturated rings. The molecule has 4 aliphatic rings. The van der Waals surface area contributed by atoms with E-state index in [1.807, 2.05) is 0 Å². The number of fused-ring (bicyclic) bond motifs is 3. The van der Waals surface area contributed by atoms with Crippen molar-refractivity contribution in [3.8, 4) is 5.75 Å². The molecule has 0 atom stereocenters. The highest BCUT2D eigenvalue weighted by Crippen LogP contribution is 2.48. The van der Waals surface area contributed by atoms with E-state index >= 15 is 0 Å². The highest BCUT2D eigenvalue weighted by Gasteiger charge is 2.62. The summed E-state index contributed by atoms with van der Waals surface area (Å²) in [4.78, 5) is 37.6. The van der Waals surface area contributed by atoms with E-state index in [-0.39, 0.29) is 29.4 Å². The highest BCUT2D eigenvalue weighted by atomic mass is 16.3. The van der Waals surface area contributed by atoms with Crippen molar-refractivity contribution in [3.05, 3.63) is 29.3 Å². The van der Waals surface area contributed by atoms with Gasteiger partial charge >= 0.3 is 0 Å². The maximum atomic E-state index is 12.5. The molecule has 1 aromatic carbocycles. The molecule has 6 nitrogen and oxygen atoms in total. The second-order valence-electron chi connectivity index (χ2n) is 5.69. The third-order valence-corrected chi connectivity index (χ3v) is 4.61. The number of imide groups is 1. The Balaban J connectivity index is 1.71. The van der Waals surface area contributed by atoms with E-state index in [0.717, 1.165) is 5.56 Å². The zero-order valence-corrected chi connectivity index (χ0v) is 10.5. The molecular formula is C14H12N2O4. The largest absolute Gasteiger partial charge is 0.508 e. The van der Waals surface area contributed by atoms with Gasteiger partial charge in [-0.25, -0.2) is 0 Å². The van der Waals surface area contributed by atoms with Crippen molar-refractivity contribution in [3.63, 3.8) is 0 Å². The number of phenolic OH excluding ortho intramolecular Hbond substituents is 1. The molecule has 0 spiro atoms. The van der Waals surface area contributed by atoms with Gasteiger partial charge in [-0.1, -0.05) is 6.07 Å². The quantitative estimate of drug-likeness (QED) is 0.713. The van der Waals surface area contributed by atoms with Crippen molar-refractivity contribution in [1.29, 1.82) is 0 Å². The lowest BCUT2D eigenvalue weighted by molar-refractivity contribution is -0.160. The van der Waals surface area contributed by atoms with Gasteiger partial charge in [0.2, 0.25) is 5.91 Å². The fourth-order valence-electron chi connectivity index (χ4n) is 3.43. The van der Waals surface area contributed by atoms with Crippen molar-refractivity contribution >= 4 is 17.7 Å². The number of carbonyl (C=O) groups excluding carboxylic acids is 3. The van der Waals surface area contributed by atoms with Gasteiger partial charge in [-0.15, -0.1) is 0 Å². The third-order valence-electron chi connectivity index (χ3n) is 4.61. The van der Waals surface area contributed by atoms with Crippen LogP contribution in [0, 0.1) is 5.92 Å². The van der Waals surface area contributed by atoms with Crippen molar-refractivity contribution in [2.45, 2.75) is 24.9 Å². The minimum atomic E-state index is -0.885. The van der Waals surface area contributed by atoms with E-state index in [1.165, 1.54) is 17.0 Å². The number of rotatable bonds is 1. The van der Waals surface area contributed by atoms with E-state index < -0.39 is 5.54 Å². The number of nitrogens with one attached hydrogen (secondary N) is 1. The van der Waals surface area contributed by atoms with Crippen LogP contribution in [0.2, 0.25) is 0 Å². The van der Waals surface area contributed by atoms with Crippen LogP contribution in [0.15, 0.2) is 18.2 Å². The number of piperidine rings is 2. The molecule has 0 radical (unpaired) electrons. The molecule has 1 aromatic rings. The van der Waals surface area contributed by atoms with Crippen LogP contribution in [0.3, 0.4) is 0 Å². The minimum Gasteiger partial charge on any atom is -0.508 e. The van der Waals surface area contributed by atoms with Gasteiger partial charge in [0, 0.05) is 18.0 Å². The Hall–Kier alpha value is -2.37. The molecule has 3 aliphatic heterocycles. The molecule has 0 unspecified atom stereocenters. The van der Waals surface area contributed by atoms with Gasteiger partial charge < -0.3 is 10.0 Å². The van der Waals surface area contributed by atoms with Gasteiger partial charge in [0.1, 0.15) is 11.3 Å². The van der Waals surface area contributed by atoms with E-state index in [2.05, 4.69) is 5.32 Å². The predicted molar refractivity (Wildman–Crippen MR) is 66.6 cm³/mol. The minimum absolute atomic E-state index is 0.0335. The molecule has 3 heterocycles. The first-order valence-corrected chi connectivity index (χ1v) is 6.50. The van der Waals surface area contributed by atoms with Crippen LogP contribution in [0.25, 0.3) is 0 Å². The number of hydrogen-bond acceptors (Lipinski definition) is 4. The van der Waals surface area contributed by atoms with Crippen LogP contribution in [-0.4, -0.2) is 33.3 Å². The fourth-order valence-corrected chi connectivity index (χ4v) is 3.43. The van der Waals surface area contributed by atoms with Crippen LogP contribution >= 0.6 is 0 Å². The number of hydrogen-bond donors (Lipinski definition) is 2. The van der Waals surface area contributed by atoms with Crippen LogP contribution in [0.5, 0.6) is 5.75 Å². The molecule has 2 saturated heterocycles. The summed E-state index contributed by atoms with van der Waals surface area (Å²) in [5.74, 6) is -1.00. The van der Waals surface area contributed by atoms with E-state index in [1.54, 1.807) is 6.07 Å². The molecule has 20 heavy (non-hydrogen) atoms. The van der Waals surface area contributed by atoms with Crippen LogP contribution < -0.4 is 5.32 Å². The summed E-state index contributed by atoms with van der Waals surface area (Å²) in [7, 11) is 0. The maximum Gasteiger partial charge on any atom is 0.255 e. The lowest BCUT2D eigenvalue weighted by Gasteiger charge is -2.53. The Morgan fingerprint density at radius 2 is 2.00 bits per heavy atom. The fraction of sp³-hybridized carbons (Fsp3) is 0.357. The predicted octanol–water partition coefficient (Wildman–Crippen LogP) is 0.153. The van der Waals surface area contributed by atoms with E-state index in [4.69, 9.17) is 0 Å². The third kappa shape index (κ3) is 1.21. The number of nitrogens with zero attached hydrogens (tertiary/aromatic N) is 1. The molecule has 6 heteroatoms. The zero-order chi connectivity index (χ0) is 14.1. The molecule has 0 aromatic heterocycles. The Kier molecular flexibility index (Phi) is 1.94. The summed E-state index contributed by atoms with van der Waals surface area (Å²) in [5, 5.41) is 11.8. The van der Waals surface area contributed by atoms with Crippen molar-refractivity contribution < 1.29 is 19.5 Å². The van der Waals surface area contributed by atoms with Gasteiger partial charge in [0.05, 0.1) is 0 Å². The Morgan fingerprint density at radius 1 is 1.25 bits per heavy atom. The molecule has 5 rings (SSSR count). The molecule has 2 bridgehead atoms. The second kappa shape index (κ2) is 3.39. The summed E-state index contributed by atoms with van der Waals surface area (Å²) >= 11 is 0. The van der Waals surface area contributed by atoms with Gasteiger partial charge in [0.25, 0.3) is 11.8 Å². The number of benzene rings is 1. The Labute approximate surface area is 114 Å². The maximum absolute atomic E-state index is 12.5. The number of aromatic hydroxyl groups is 1. The second-order valence-corrected chi connectivity index (χ2v) is 5.69. The molecule has 2 N–H and O–H groups in total. The van der Waals surface area contributed by atoms with Crippen molar-refractivity contribution in [2.75, 3.05) is 0 Å². The Bertz CT molecular complexity index is 676. The monoisotopic (exact) mass is 272 g/mol. The first-order chi connectivity index (χ1) is 9.51. The summed E-state index contributed by atoms with van der Waals surface area (Å²) < 4.78 is 0. The summed E-state index contributed by atoms with van der Waals surface area (Å²) in [5.41, 5.74) is 0.354. The molecule has 1 saturated carbocycles. The number of carbonyl (C=O) groups is 3. The van der Waals surface area contributed by atoms with Crippen molar-refractivity contribution in [2.24, 2.45) is 5.92 Å². The summed E-state index contributed by atoms with van der Waals surface area (Å²) in [6.07, 6.45) is 0.812. The molecule has 1 aliphatic carbocycles. The normalized spacial score (nSPS) is 30.9. The highest BCUT2D eigenvalue weighted by molar-refractivity contribution is 6.10. The standard InChI is InChI=1S/C14H12N2O4/c17-9-2-1-7-6-16(12(19)10(7)3-9)14-4-8(5-14)11(18)15-13(14)20/h1-3,8,17H,4-6H2,(H,15,18,20). The topological polar surface area (TPSA) is 86.7 Å². The molecule has 102 valence electrons. The SMILES string of the molecule is O=C1NC(=O)C2(N3Cc4ccc(O)cc4C3=O)CC1C2. The summed E-state index contributed by atoms with van der Waals surface area (Å²) in [6, 6.07) is 4.65. The van der Waals surface area contributed by atoms with Gasteiger partial charge in [0.15, 0.2) is 0 Å². The smallest absolute Gasteiger partial charge is 0.255 e. The van der Waals surface area contributed by atoms with Crippen LogP contribution in [-0.2, 0) is 16.1 Å². The first-order valence-electron chi connectivity index (χ1n) is 6.50. The average molecular weight is 272 g/mol. The number of amides is 3. The average Bonchev–Trinajstić information content (AvgIpc) is 2.66. The van der Waals surface area contributed by atoms with Crippen LogP contribution in [0.1, 0.15) is 28.8 Å².